The van der Waals surface area contributed by atoms with Crippen molar-refractivity contribution in [1.82, 2.24) is 4.90 Å². The van der Waals surface area contributed by atoms with Crippen LogP contribution in [0.2, 0.25) is 0 Å². The zero-order valence-corrected chi connectivity index (χ0v) is 14.6. The van der Waals surface area contributed by atoms with E-state index in [1.165, 1.54) is 11.3 Å². The first-order chi connectivity index (χ1) is 9.90. The predicted octanol–water partition coefficient (Wildman–Crippen LogP) is 3.92. The molecule has 6 heteroatoms. The molecule has 0 spiro atoms. The Labute approximate surface area is 137 Å². The lowest BCUT2D eigenvalue weighted by Crippen LogP contribution is -2.40. The third-order valence-corrected chi connectivity index (χ3v) is 5.40. The van der Waals surface area contributed by atoms with Gasteiger partial charge in [-0.05, 0) is 46.8 Å². The highest BCUT2D eigenvalue weighted by Gasteiger charge is 2.39. The van der Waals surface area contributed by atoms with Crippen LogP contribution < -0.4 is 0 Å². The number of halogens is 1. The van der Waals surface area contributed by atoms with Gasteiger partial charge in [0.05, 0.1) is 15.7 Å². The average molecular weight is 374 g/mol. The van der Waals surface area contributed by atoms with Crippen LogP contribution >= 0.6 is 27.3 Å². The largest absolute Gasteiger partial charge is 0.481 e. The summed E-state index contributed by atoms with van der Waals surface area (Å²) in [5.74, 6) is -0.955. The summed E-state index contributed by atoms with van der Waals surface area (Å²) in [5.41, 5.74) is 0. The molecule has 1 amide bonds. The lowest BCUT2D eigenvalue weighted by atomic mass is 9.93. The first-order valence-corrected chi connectivity index (χ1v) is 8.78. The molecule has 0 aliphatic carbocycles. The second-order valence-corrected chi connectivity index (χ2v) is 8.36. The van der Waals surface area contributed by atoms with Gasteiger partial charge in [-0.1, -0.05) is 13.8 Å². The number of hydrogen-bond donors (Lipinski definition) is 1. The quantitative estimate of drug-likeness (QED) is 0.869. The maximum atomic E-state index is 12.4. The first-order valence-electron chi connectivity index (χ1n) is 7.17. The smallest absolute Gasteiger partial charge is 0.308 e. The molecule has 2 atom stereocenters. The van der Waals surface area contributed by atoms with E-state index in [1.807, 2.05) is 12.1 Å². The van der Waals surface area contributed by atoms with Gasteiger partial charge in [0, 0.05) is 17.8 Å². The van der Waals surface area contributed by atoms with Crippen LogP contribution in [-0.2, 0) is 9.59 Å². The van der Waals surface area contributed by atoms with Crippen molar-refractivity contribution in [3.63, 3.8) is 0 Å². The molecule has 1 fully saturated rings. The fourth-order valence-electron chi connectivity index (χ4n) is 2.85. The van der Waals surface area contributed by atoms with Crippen molar-refractivity contribution < 1.29 is 14.7 Å². The Morgan fingerprint density at radius 2 is 2.24 bits per heavy atom. The minimum absolute atomic E-state index is 0.0713. The summed E-state index contributed by atoms with van der Waals surface area (Å²) >= 11 is 4.95. The second-order valence-electron chi connectivity index (χ2n) is 5.86. The van der Waals surface area contributed by atoms with Gasteiger partial charge in [-0.2, -0.15) is 0 Å². The van der Waals surface area contributed by atoms with E-state index < -0.39 is 11.9 Å². The number of thiophene rings is 1. The molecule has 1 aliphatic rings. The van der Waals surface area contributed by atoms with Crippen LogP contribution in [0.3, 0.4) is 0 Å². The van der Waals surface area contributed by atoms with Crippen molar-refractivity contribution in [1.29, 1.82) is 0 Å². The van der Waals surface area contributed by atoms with Crippen LogP contribution in [0.5, 0.6) is 0 Å². The lowest BCUT2D eigenvalue weighted by molar-refractivity contribution is -0.146. The highest BCUT2D eigenvalue weighted by atomic mass is 79.9. The zero-order valence-electron chi connectivity index (χ0n) is 12.2. The monoisotopic (exact) mass is 373 g/mol. The molecule has 1 N–H and O–H groups in total. The second kappa shape index (κ2) is 6.92. The number of aliphatic carboxylic acids is 1. The van der Waals surface area contributed by atoms with Crippen LogP contribution in [0.15, 0.2) is 15.9 Å². The first kappa shape index (κ1) is 16.5. The van der Waals surface area contributed by atoms with Crippen molar-refractivity contribution >= 4 is 39.1 Å². The highest BCUT2D eigenvalue weighted by molar-refractivity contribution is 9.11. The summed E-state index contributed by atoms with van der Waals surface area (Å²) in [7, 11) is 0. The van der Waals surface area contributed by atoms with E-state index in [1.54, 1.807) is 4.90 Å². The van der Waals surface area contributed by atoms with Crippen LogP contribution in [0.4, 0.5) is 0 Å². The molecule has 1 saturated heterocycles. The third-order valence-electron chi connectivity index (χ3n) is 3.71. The molecule has 0 aromatic carbocycles. The lowest BCUT2D eigenvalue weighted by Gasteiger charge is -2.34. The van der Waals surface area contributed by atoms with Gasteiger partial charge in [0.2, 0.25) is 5.91 Å². The van der Waals surface area contributed by atoms with Gasteiger partial charge in [0.1, 0.15) is 0 Å². The van der Waals surface area contributed by atoms with Crippen molar-refractivity contribution in [2.75, 3.05) is 6.54 Å². The predicted molar refractivity (Wildman–Crippen MR) is 86.3 cm³/mol. The molecule has 1 aromatic heterocycles. The molecule has 1 aromatic rings. The number of rotatable bonds is 4. The molecular formula is C15H20BrNO3S. The fraction of sp³-hybridized carbons (Fsp3) is 0.600. The van der Waals surface area contributed by atoms with Gasteiger partial charge in [0.25, 0.3) is 0 Å². The van der Waals surface area contributed by atoms with Crippen LogP contribution in [0.1, 0.15) is 44.0 Å². The topological polar surface area (TPSA) is 57.6 Å². The summed E-state index contributed by atoms with van der Waals surface area (Å²) in [6, 6.07) is 3.50. The highest BCUT2D eigenvalue weighted by Crippen LogP contribution is 2.40. The van der Waals surface area contributed by atoms with Gasteiger partial charge in [-0.15, -0.1) is 11.3 Å². The summed E-state index contributed by atoms with van der Waals surface area (Å²) in [6.07, 6.45) is 1.64. The van der Waals surface area contributed by atoms with E-state index in [-0.39, 0.29) is 11.9 Å². The number of hydrogen-bond acceptors (Lipinski definition) is 3. The molecular weight excluding hydrogens is 354 g/mol. The molecule has 21 heavy (non-hydrogen) atoms. The maximum Gasteiger partial charge on any atom is 0.308 e. The number of carboxylic acid groups (broad SMARTS) is 1. The van der Waals surface area contributed by atoms with Gasteiger partial charge in [-0.3, -0.25) is 9.59 Å². The minimum atomic E-state index is -0.812. The molecule has 0 saturated carbocycles. The van der Waals surface area contributed by atoms with E-state index in [0.717, 1.165) is 8.66 Å². The fourth-order valence-corrected chi connectivity index (χ4v) is 4.46. The number of carbonyl (C=O) groups excluding carboxylic acids is 1. The Morgan fingerprint density at radius 3 is 2.76 bits per heavy atom. The molecule has 1 aliphatic heterocycles. The Kier molecular flexibility index (Phi) is 5.43. The molecule has 4 nitrogen and oxygen atoms in total. The molecule has 2 unspecified atom stereocenters. The summed E-state index contributed by atoms with van der Waals surface area (Å²) in [6.45, 7) is 4.70. The minimum Gasteiger partial charge on any atom is -0.481 e. The van der Waals surface area contributed by atoms with Crippen molar-refractivity contribution in [3.05, 3.63) is 20.8 Å². The number of nitrogens with zero attached hydrogens (tertiary/aromatic N) is 1. The maximum absolute atomic E-state index is 12.4. The molecule has 2 heterocycles. The van der Waals surface area contributed by atoms with Gasteiger partial charge >= 0.3 is 5.97 Å². The number of amides is 1. The van der Waals surface area contributed by atoms with Gasteiger partial charge in [0.15, 0.2) is 0 Å². The van der Waals surface area contributed by atoms with Crippen LogP contribution in [0, 0.1) is 11.8 Å². The molecule has 2 rings (SSSR count). The molecule has 116 valence electrons. The number of carbonyl (C=O) groups is 2. The van der Waals surface area contributed by atoms with Crippen LogP contribution in [0.25, 0.3) is 0 Å². The van der Waals surface area contributed by atoms with Gasteiger partial charge < -0.3 is 10.0 Å². The normalized spacial score (nSPS) is 23.4. The van der Waals surface area contributed by atoms with E-state index >= 15 is 0 Å². The van der Waals surface area contributed by atoms with E-state index in [0.29, 0.717) is 31.7 Å². The standard InChI is InChI=1S/C15H20BrNO3S/c1-9(2)8-17-13(18)5-3-4-10(15(19)20)14(17)11-6-7-12(16)21-11/h6-7,9-10,14H,3-5,8H2,1-2H3,(H,19,20). The Morgan fingerprint density at radius 1 is 1.52 bits per heavy atom. The van der Waals surface area contributed by atoms with Crippen molar-refractivity contribution in [2.45, 2.75) is 39.2 Å². The Hall–Kier alpha value is -0.880. The van der Waals surface area contributed by atoms with E-state index in [9.17, 15) is 14.7 Å². The average Bonchev–Trinajstić information content (AvgIpc) is 2.74. The molecule has 0 bridgehead atoms. The SMILES string of the molecule is CC(C)CN1C(=O)CCCC(C(=O)O)C1c1ccc(Br)s1. The summed E-state index contributed by atoms with van der Waals surface area (Å²) in [5, 5.41) is 9.59. The van der Waals surface area contributed by atoms with Gasteiger partial charge in [-0.25, -0.2) is 0 Å². The van der Waals surface area contributed by atoms with Crippen molar-refractivity contribution in [3.8, 4) is 0 Å². The van der Waals surface area contributed by atoms with E-state index in [2.05, 4.69) is 29.8 Å². The zero-order chi connectivity index (χ0) is 15.6. The van der Waals surface area contributed by atoms with Crippen molar-refractivity contribution in [2.24, 2.45) is 11.8 Å². The number of carboxylic acids is 1. The Balaban J connectivity index is 2.43. The summed E-state index contributed by atoms with van der Waals surface area (Å²) < 4.78 is 0.961. The van der Waals surface area contributed by atoms with E-state index in [4.69, 9.17) is 0 Å². The summed E-state index contributed by atoms with van der Waals surface area (Å²) in [4.78, 5) is 26.9. The van der Waals surface area contributed by atoms with Crippen LogP contribution in [-0.4, -0.2) is 28.4 Å². The number of likely N-dealkylation sites (tertiary alicyclic amines) is 1. The Bertz CT molecular complexity index is 529. The third kappa shape index (κ3) is 3.86. The molecule has 0 radical (unpaired) electrons.